The van der Waals surface area contributed by atoms with E-state index in [1.165, 1.54) is 31.2 Å². The summed E-state index contributed by atoms with van der Waals surface area (Å²) in [7, 11) is 0. The SMILES string of the molecule is CCCC1CC1NC(C)Cc1ccsc1. The monoisotopic (exact) mass is 223 g/mol. The molecule has 0 aromatic carbocycles. The zero-order valence-electron chi connectivity index (χ0n) is 9.70. The fourth-order valence-corrected chi connectivity index (χ4v) is 3.01. The van der Waals surface area contributed by atoms with Crippen LogP contribution in [0, 0.1) is 5.92 Å². The Labute approximate surface area is 96.9 Å². The van der Waals surface area contributed by atoms with Crippen LogP contribution < -0.4 is 5.32 Å². The van der Waals surface area contributed by atoms with E-state index in [9.17, 15) is 0 Å². The van der Waals surface area contributed by atoms with Crippen molar-refractivity contribution in [1.82, 2.24) is 5.32 Å². The Kier molecular flexibility index (Phi) is 3.81. The summed E-state index contributed by atoms with van der Waals surface area (Å²) >= 11 is 1.80. The van der Waals surface area contributed by atoms with Crippen LogP contribution in [0.25, 0.3) is 0 Å². The first-order valence-electron chi connectivity index (χ1n) is 6.06. The van der Waals surface area contributed by atoms with Crippen LogP contribution in [0.15, 0.2) is 16.8 Å². The maximum Gasteiger partial charge on any atom is 0.0102 e. The van der Waals surface area contributed by atoms with Crippen LogP contribution in [0.5, 0.6) is 0 Å². The second kappa shape index (κ2) is 5.13. The first kappa shape index (κ1) is 11.2. The zero-order chi connectivity index (χ0) is 10.7. The van der Waals surface area contributed by atoms with Crippen molar-refractivity contribution in [2.45, 2.75) is 51.6 Å². The lowest BCUT2D eigenvalue weighted by Crippen LogP contribution is -2.30. The molecule has 1 aliphatic carbocycles. The van der Waals surface area contributed by atoms with Crippen LogP contribution in [0.3, 0.4) is 0 Å². The molecule has 1 nitrogen and oxygen atoms in total. The quantitative estimate of drug-likeness (QED) is 0.779. The Bertz CT molecular complexity index is 281. The molecule has 0 saturated heterocycles. The van der Waals surface area contributed by atoms with Crippen LogP contribution in [0.1, 0.15) is 38.7 Å². The molecule has 0 radical (unpaired) electrons. The highest BCUT2D eigenvalue weighted by Gasteiger charge is 2.36. The second-order valence-electron chi connectivity index (χ2n) is 4.79. The van der Waals surface area contributed by atoms with E-state index in [0.29, 0.717) is 6.04 Å². The molecule has 0 spiro atoms. The highest BCUT2D eigenvalue weighted by atomic mass is 32.1. The van der Waals surface area contributed by atoms with Crippen molar-refractivity contribution in [1.29, 1.82) is 0 Å². The third-order valence-electron chi connectivity index (χ3n) is 3.20. The van der Waals surface area contributed by atoms with Gasteiger partial charge in [0.1, 0.15) is 0 Å². The molecular weight excluding hydrogens is 202 g/mol. The minimum Gasteiger partial charge on any atom is -0.311 e. The van der Waals surface area contributed by atoms with E-state index in [1.807, 2.05) is 0 Å². The topological polar surface area (TPSA) is 12.0 Å². The molecule has 84 valence electrons. The van der Waals surface area contributed by atoms with Crippen molar-refractivity contribution in [3.05, 3.63) is 22.4 Å². The highest BCUT2D eigenvalue weighted by Crippen LogP contribution is 2.34. The first-order chi connectivity index (χ1) is 7.29. The van der Waals surface area contributed by atoms with Crippen LogP contribution in [-0.2, 0) is 6.42 Å². The van der Waals surface area contributed by atoms with Crippen molar-refractivity contribution in [2.75, 3.05) is 0 Å². The third kappa shape index (κ3) is 3.32. The minimum atomic E-state index is 0.631. The van der Waals surface area contributed by atoms with Crippen molar-refractivity contribution in [2.24, 2.45) is 5.92 Å². The van der Waals surface area contributed by atoms with Gasteiger partial charge in [0.25, 0.3) is 0 Å². The predicted octanol–water partition coefficient (Wildman–Crippen LogP) is 3.46. The van der Waals surface area contributed by atoms with Crippen molar-refractivity contribution < 1.29 is 0 Å². The van der Waals surface area contributed by atoms with Gasteiger partial charge in [-0.25, -0.2) is 0 Å². The Balaban J connectivity index is 1.68. The van der Waals surface area contributed by atoms with E-state index >= 15 is 0 Å². The van der Waals surface area contributed by atoms with Gasteiger partial charge in [0.05, 0.1) is 0 Å². The summed E-state index contributed by atoms with van der Waals surface area (Å²) in [6, 6.07) is 3.68. The summed E-state index contributed by atoms with van der Waals surface area (Å²) in [5.41, 5.74) is 1.48. The lowest BCUT2D eigenvalue weighted by Gasteiger charge is -2.12. The van der Waals surface area contributed by atoms with Gasteiger partial charge in [-0.2, -0.15) is 11.3 Å². The number of rotatable bonds is 6. The van der Waals surface area contributed by atoms with E-state index in [0.717, 1.165) is 12.0 Å². The number of thiophene rings is 1. The molecule has 0 aliphatic heterocycles. The van der Waals surface area contributed by atoms with Gasteiger partial charge in [-0.05, 0) is 54.5 Å². The van der Waals surface area contributed by atoms with Gasteiger partial charge < -0.3 is 5.32 Å². The Hall–Kier alpha value is -0.340. The van der Waals surface area contributed by atoms with Crippen LogP contribution in [0.4, 0.5) is 0 Å². The molecule has 1 saturated carbocycles. The summed E-state index contributed by atoms with van der Waals surface area (Å²) in [4.78, 5) is 0. The van der Waals surface area contributed by atoms with Gasteiger partial charge in [-0.3, -0.25) is 0 Å². The fraction of sp³-hybridized carbons (Fsp3) is 0.692. The summed E-state index contributed by atoms with van der Waals surface area (Å²) in [6.45, 7) is 4.59. The molecule has 0 amide bonds. The average Bonchev–Trinajstić information content (AvgIpc) is 2.73. The molecule has 1 heterocycles. The average molecular weight is 223 g/mol. The third-order valence-corrected chi connectivity index (χ3v) is 3.93. The van der Waals surface area contributed by atoms with Crippen molar-refractivity contribution >= 4 is 11.3 Å². The molecule has 2 heteroatoms. The van der Waals surface area contributed by atoms with E-state index in [2.05, 4.69) is 36.0 Å². The molecule has 1 aromatic rings. The van der Waals surface area contributed by atoms with E-state index in [1.54, 1.807) is 11.3 Å². The molecular formula is C13H21NS. The van der Waals surface area contributed by atoms with Crippen LogP contribution >= 0.6 is 11.3 Å². The number of nitrogens with one attached hydrogen (secondary N) is 1. The maximum atomic E-state index is 3.73. The summed E-state index contributed by atoms with van der Waals surface area (Å²) < 4.78 is 0. The van der Waals surface area contributed by atoms with Gasteiger partial charge in [-0.15, -0.1) is 0 Å². The van der Waals surface area contributed by atoms with Crippen molar-refractivity contribution in [3.63, 3.8) is 0 Å². The summed E-state index contributed by atoms with van der Waals surface area (Å²) in [6.07, 6.45) is 5.32. The largest absolute Gasteiger partial charge is 0.311 e. The molecule has 1 fully saturated rings. The second-order valence-corrected chi connectivity index (χ2v) is 5.57. The predicted molar refractivity (Wildman–Crippen MR) is 67.4 cm³/mol. The highest BCUT2D eigenvalue weighted by molar-refractivity contribution is 7.07. The maximum absolute atomic E-state index is 3.73. The van der Waals surface area contributed by atoms with Crippen LogP contribution in [0.2, 0.25) is 0 Å². The normalized spacial score (nSPS) is 26.5. The lowest BCUT2D eigenvalue weighted by atomic mass is 10.1. The minimum absolute atomic E-state index is 0.631. The number of hydrogen-bond donors (Lipinski definition) is 1. The summed E-state index contributed by atoms with van der Waals surface area (Å²) in [5, 5.41) is 8.16. The Morgan fingerprint density at radius 3 is 3.13 bits per heavy atom. The molecule has 15 heavy (non-hydrogen) atoms. The summed E-state index contributed by atoms with van der Waals surface area (Å²) in [5.74, 6) is 0.972. The van der Waals surface area contributed by atoms with E-state index in [-0.39, 0.29) is 0 Å². The zero-order valence-corrected chi connectivity index (χ0v) is 10.5. The number of hydrogen-bond acceptors (Lipinski definition) is 2. The van der Waals surface area contributed by atoms with E-state index in [4.69, 9.17) is 0 Å². The standard InChI is InChI=1S/C13H21NS/c1-3-4-12-8-13(12)14-10(2)7-11-5-6-15-9-11/h5-6,9-10,12-14H,3-4,7-8H2,1-2H3. The molecule has 1 aromatic heterocycles. The molecule has 3 unspecified atom stereocenters. The van der Waals surface area contributed by atoms with Crippen LogP contribution in [-0.4, -0.2) is 12.1 Å². The molecule has 3 atom stereocenters. The first-order valence-corrected chi connectivity index (χ1v) is 7.01. The van der Waals surface area contributed by atoms with Gasteiger partial charge >= 0.3 is 0 Å². The molecule has 2 rings (SSSR count). The Morgan fingerprint density at radius 1 is 1.60 bits per heavy atom. The molecule has 1 N–H and O–H groups in total. The molecule has 0 bridgehead atoms. The van der Waals surface area contributed by atoms with Gasteiger partial charge in [0.15, 0.2) is 0 Å². The smallest absolute Gasteiger partial charge is 0.0102 e. The Morgan fingerprint density at radius 2 is 2.47 bits per heavy atom. The van der Waals surface area contributed by atoms with Gasteiger partial charge in [0.2, 0.25) is 0 Å². The lowest BCUT2D eigenvalue weighted by molar-refractivity contribution is 0.511. The van der Waals surface area contributed by atoms with Crippen molar-refractivity contribution in [3.8, 4) is 0 Å². The fourth-order valence-electron chi connectivity index (χ4n) is 2.33. The molecule has 1 aliphatic rings. The van der Waals surface area contributed by atoms with E-state index < -0.39 is 0 Å². The van der Waals surface area contributed by atoms with Gasteiger partial charge in [0, 0.05) is 12.1 Å². The van der Waals surface area contributed by atoms with Gasteiger partial charge in [-0.1, -0.05) is 13.3 Å².